The van der Waals surface area contributed by atoms with E-state index < -0.39 is 0 Å². The first-order valence-corrected chi connectivity index (χ1v) is 12.0. The third kappa shape index (κ3) is 1.99. The van der Waals surface area contributed by atoms with Crippen molar-refractivity contribution in [1.82, 2.24) is 0 Å². The summed E-state index contributed by atoms with van der Waals surface area (Å²) in [7, 11) is 0. The number of ether oxygens (including phenoxy) is 1. The maximum Gasteiger partial charge on any atom is 0.155 e. The highest BCUT2D eigenvalue weighted by molar-refractivity contribution is 5.91. The molecule has 0 aromatic carbocycles. The zero-order valence-electron chi connectivity index (χ0n) is 17.2. The van der Waals surface area contributed by atoms with Gasteiger partial charge in [-0.2, -0.15) is 0 Å². The van der Waals surface area contributed by atoms with Crippen molar-refractivity contribution in [2.75, 3.05) is 6.61 Å². The first-order chi connectivity index (χ1) is 13.1. The molecule has 1 spiro atoms. The number of carbonyl (C=O) groups is 1. The van der Waals surface area contributed by atoms with Gasteiger partial charge in [-0.15, -0.1) is 0 Å². The summed E-state index contributed by atoms with van der Waals surface area (Å²) in [5.74, 6) is 6.43. The molecule has 6 rings (SSSR count). The zero-order chi connectivity index (χ0) is 18.4. The average Bonchev–Trinajstić information content (AvgIpc) is 3.26. The van der Waals surface area contributed by atoms with Crippen LogP contribution in [0.15, 0.2) is 11.6 Å². The Morgan fingerprint density at radius 3 is 2.81 bits per heavy atom. The van der Waals surface area contributed by atoms with E-state index in [1.807, 2.05) is 0 Å². The van der Waals surface area contributed by atoms with E-state index in [0.717, 1.165) is 60.9 Å². The molecular weight excluding hydrogens is 332 g/mol. The molecule has 0 aromatic heterocycles. The van der Waals surface area contributed by atoms with Crippen molar-refractivity contribution >= 4 is 5.78 Å². The summed E-state index contributed by atoms with van der Waals surface area (Å²) in [5.41, 5.74) is 2.26. The van der Waals surface area contributed by atoms with Crippen LogP contribution >= 0.6 is 0 Å². The first kappa shape index (κ1) is 17.2. The van der Waals surface area contributed by atoms with Gasteiger partial charge in [0, 0.05) is 18.4 Å². The molecule has 0 bridgehead atoms. The topological polar surface area (TPSA) is 26.3 Å². The highest BCUT2D eigenvalue weighted by Crippen LogP contribution is 2.79. The lowest BCUT2D eigenvalue weighted by Crippen LogP contribution is -2.57. The Morgan fingerprint density at radius 1 is 1.19 bits per heavy atom. The maximum atomic E-state index is 12.1. The van der Waals surface area contributed by atoms with Crippen LogP contribution in [-0.2, 0) is 9.53 Å². The fraction of sp³-hybridized carbons (Fsp3) is 0.880. The van der Waals surface area contributed by atoms with E-state index in [1.54, 1.807) is 5.57 Å². The van der Waals surface area contributed by atoms with Gasteiger partial charge in [0.2, 0.25) is 0 Å². The fourth-order valence-electron chi connectivity index (χ4n) is 9.72. The minimum atomic E-state index is 0.249. The van der Waals surface area contributed by atoms with Gasteiger partial charge in [0.15, 0.2) is 5.78 Å². The van der Waals surface area contributed by atoms with Gasteiger partial charge < -0.3 is 4.74 Å². The fourth-order valence-corrected chi connectivity index (χ4v) is 9.72. The average molecular weight is 369 g/mol. The van der Waals surface area contributed by atoms with Gasteiger partial charge >= 0.3 is 0 Å². The molecule has 1 saturated heterocycles. The Morgan fingerprint density at radius 2 is 2.07 bits per heavy atom. The lowest BCUT2D eigenvalue weighted by atomic mass is 9.45. The van der Waals surface area contributed by atoms with Crippen LogP contribution in [0.5, 0.6) is 0 Å². The van der Waals surface area contributed by atoms with Crippen LogP contribution in [0.25, 0.3) is 0 Å². The summed E-state index contributed by atoms with van der Waals surface area (Å²) in [6, 6.07) is 0. The number of allylic oxidation sites excluding steroid dienone is 1. The molecule has 6 aliphatic rings. The summed E-state index contributed by atoms with van der Waals surface area (Å²) in [6.07, 6.45) is 14.7. The molecular formula is C25H36O2. The number of ketones is 1. The summed E-state index contributed by atoms with van der Waals surface area (Å²) in [4.78, 5) is 12.1. The summed E-state index contributed by atoms with van der Waals surface area (Å²) in [5, 5.41) is 0. The van der Waals surface area contributed by atoms with Crippen molar-refractivity contribution in [3.05, 3.63) is 11.6 Å². The molecule has 0 amide bonds. The number of hydrogen-bond acceptors (Lipinski definition) is 2. The van der Waals surface area contributed by atoms with E-state index >= 15 is 0 Å². The van der Waals surface area contributed by atoms with Crippen molar-refractivity contribution in [3.8, 4) is 0 Å². The normalized spacial score (nSPS) is 55.6. The monoisotopic (exact) mass is 368 g/mol. The summed E-state index contributed by atoms with van der Waals surface area (Å²) < 4.78 is 6.73. The van der Waals surface area contributed by atoms with Gasteiger partial charge in [-0.05, 0) is 98.9 Å². The van der Waals surface area contributed by atoms with Crippen LogP contribution in [0, 0.1) is 46.8 Å². The van der Waals surface area contributed by atoms with Crippen LogP contribution in [0.2, 0.25) is 0 Å². The molecule has 5 aliphatic carbocycles. The highest BCUT2D eigenvalue weighted by atomic mass is 16.5. The molecule has 27 heavy (non-hydrogen) atoms. The van der Waals surface area contributed by atoms with Gasteiger partial charge in [0.25, 0.3) is 0 Å². The first-order valence-electron chi connectivity index (χ1n) is 12.0. The van der Waals surface area contributed by atoms with Gasteiger partial charge in [-0.3, -0.25) is 4.79 Å². The molecule has 9 atom stereocenters. The van der Waals surface area contributed by atoms with Crippen molar-refractivity contribution < 1.29 is 9.53 Å². The molecule has 5 fully saturated rings. The van der Waals surface area contributed by atoms with Crippen LogP contribution < -0.4 is 0 Å². The summed E-state index contributed by atoms with van der Waals surface area (Å²) >= 11 is 0. The lowest BCUT2D eigenvalue weighted by Gasteiger charge is -2.60. The molecule has 1 heterocycles. The van der Waals surface area contributed by atoms with Crippen molar-refractivity contribution in [1.29, 1.82) is 0 Å². The second-order valence-electron chi connectivity index (χ2n) is 10.9. The Balaban J connectivity index is 1.43. The van der Waals surface area contributed by atoms with Crippen LogP contribution in [0.4, 0.5) is 0 Å². The van der Waals surface area contributed by atoms with Crippen molar-refractivity contribution in [3.63, 3.8) is 0 Å². The Labute approximate surface area is 164 Å². The molecule has 0 aromatic rings. The molecule has 1 aliphatic heterocycles. The molecule has 0 N–H and O–H groups in total. The third-order valence-electron chi connectivity index (χ3n) is 10.5. The second kappa shape index (κ2) is 5.71. The smallest absolute Gasteiger partial charge is 0.155 e. The molecule has 148 valence electrons. The number of rotatable bonds is 2. The van der Waals surface area contributed by atoms with Gasteiger partial charge in [-0.1, -0.05) is 25.8 Å². The van der Waals surface area contributed by atoms with Crippen molar-refractivity contribution in [2.45, 2.75) is 83.7 Å². The van der Waals surface area contributed by atoms with Crippen LogP contribution in [-0.4, -0.2) is 18.0 Å². The highest BCUT2D eigenvalue weighted by Gasteiger charge is 2.78. The minimum Gasteiger partial charge on any atom is -0.374 e. The third-order valence-corrected chi connectivity index (χ3v) is 10.5. The molecule has 2 heteroatoms. The number of hydrogen-bond donors (Lipinski definition) is 0. The summed E-state index contributed by atoms with van der Waals surface area (Å²) in [6.45, 7) is 5.91. The second-order valence-corrected chi connectivity index (χ2v) is 10.9. The number of fused-ring (bicyclic) bond motifs is 9. The SMILES string of the molecule is CC[C@@H]1CC2=CC(=O)CC[C@@H]2[C@H]2CC[C@@]3(CC)[C@@H]([C@@H]4C[C@@H]4[C@@]34CCCO4)[C@H]12. The molecule has 2 nitrogen and oxygen atoms in total. The largest absolute Gasteiger partial charge is 0.374 e. The zero-order valence-corrected chi connectivity index (χ0v) is 17.2. The van der Waals surface area contributed by atoms with E-state index in [2.05, 4.69) is 19.9 Å². The van der Waals surface area contributed by atoms with Gasteiger partial charge in [-0.25, -0.2) is 0 Å². The molecule has 0 radical (unpaired) electrons. The van der Waals surface area contributed by atoms with Crippen LogP contribution in [0.3, 0.4) is 0 Å². The predicted molar refractivity (Wildman–Crippen MR) is 106 cm³/mol. The maximum absolute atomic E-state index is 12.1. The van der Waals surface area contributed by atoms with E-state index in [9.17, 15) is 4.79 Å². The number of carbonyl (C=O) groups excluding carboxylic acids is 1. The van der Waals surface area contributed by atoms with Crippen LogP contribution in [0.1, 0.15) is 78.1 Å². The predicted octanol–water partition coefficient (Wildman–Crippen LogP) is 5.56. The van der Waals surface area contributed by atoms with Gasteiger partial charge in [0.05, 0.1) is 5.60 Å². The Kier molecular flexibility index (Phi) is 3.65. The van der Waals surface area contributed by atoms with Gasteiger partial charge in [0.1, 0.15) is 0 Å². The quantitative estimate of drug-likeness (QED) is 0.638. The standard InChI is InChI=1S/C25H36O2/c1-3-15-12-16-13-17(26)6-7-18(16)19-8-10-24(4-2)23(22(15)19)20-14-21(20)25(24)9-5-11-27-25/h13,15,18-23H,3-12,14H2,1-2H3/t15-,18+,19-,20-,21+,22-,23+,24+,25+/m1/s1. The molecule has 0 unspecified atom stereocenters. The Bertz CT molecular complexity index is 686. The van der Waals surface area contributed by atoms with E-state index in [0.29, 0.717) is 11.2 Å². The van der Waals surface area contributed by atoms with Crippen molar-refractivity contribution in [2.24, 2.45) is 46.8 Å². The van der Waals surface area contributed by atoms with E-state index in [-0.39, 0.29) is 5.60 Å². The van der Waals surface area contributed by atoms with E-state index in [4.69, 9.17) is 4.74 Å². The van der Waals surface area contributed by atoms with E-state index in [1.165, 1.54) is 51.4 Å². The molecule has 4 saturated carbocycles. The lowest BCUT2D eigenvalue weighted by molar-refractivity contribution is -0.166. The Hall–Kier alpha value is -0.630. The minimum absolute atomic E-state index is 0.249.